The minimum absolute atomic E-state index is 0.0389. The van der Waals surface area contributed by atoms with Gasteiger partial charge in [-0.2, -0.15) is 23.8 Å². The number of nitrogens with zero attached hydrogens (tertiary/aromatic N) is 2. The van der Waals surface area contributed by atoms with Crippen molar-refractivity contribution in [2.24, 2.45) is 11.1 Å². The van der Waals surface area contributed by atoms with E-state index in [1.165, 1.54) is 0 Å². The molecule has 2 aromatic carbocycles. The summed E-state index contributed by atoms with van der Waals surface area (Å²) in [6, 6.07) is 6.74. The second-order valence-corrected chi connectivity index (χ2v) is 13.2. The number of oxime groups is 1. The molecule has 4 aliphatic rings. The van der Waals surface area contributed by atoms with Crippen LogP contribution in [-0.4, -0.2) is 56.4 Å². The summed E-state index contributed by atoms with van der Waals surface area (Å²) in [4.78, 5) is 19.2. The summed E-state index contributed by atoms with van der Waals surface area (Å²) in [5.74, 6) is -1.41. The van der Waals surface area contributed by atoms with E-state index in [-0.39, 0.29) is 29.7 Å². The molecule has 6 rings (SSSR count). The third-order valence-electron chi connectivity index (χ3n) is 7.56. The minimum Gasteiger partial charge on any atom is -0.374 e. The molecule has 2 N–H and O–H groups in total. The van der Waals surface area contributed by atoms with Gasteiger partial charge in [-0.25, -0.2) is 4.39 Å². The molecule has 1 atom stereocenters. The quantitative estimate of drug-likeness (QED) is 0.353. The van der Waals surface area contributed by atoms with Crippen molar-refractivity contribution in [3.8, 4) is 0 Å². The summed E-state index contributed by atoms with van der Waals surface area (Å²) in [7, 11) is -2.62. The van der Waals surface area contributed by atoms with Crippen LogP contribution in [0.5, 0.6) is 0 Å². The van der Waals surface area contributed by atoms with Gasteiger partial charge in [0.1, 0.15) is 5.60 Å². The standard InChI is InChI=1S/C24H20Cl2F4N2O5S/c25-17-4-15(5-18(26)20(17)27)23(24(28,29)30)6-19(31-37-23)12-1-2-16-13(3-12)7-36-22(16)10-32(11-22)21(33)14-8-38(34,35)9-14/h1-5,14,34-35H,6-11H2. The normalized spacial score (nSPS) is 26.3. The number of fused-ring (bicyclic) bond motifs is 2. The molecule has 1 spiro atoms. The number of carbonyl (C=O) groups is 1. The first-order chi connectivity index (χ1) is 17.7. The zero-order chi connectivity index (χ0) is 27.3. The maximum absolute atomic E-state index is 14.3. The molecule has 14 heteroatoms. The van der Waals surface area contributed by atoms with Gasteiger partial charge in [0.05, 0.1) is 52.9 Å². The molecule has 0 saturated carbocycles. The van der Waals surface area contributed by atoms with Crippen molar-refractivity contribution in [2.75, 3.05) is 24.6 Å². The number of amides is 1. The van der Waals surface area contributed by atoms with Crippen LogP contribution in [0.15, 0.2) is 35.5 Å². The summed E-state index contributed by atoms with van der Waals surface area (Å²) >= 11 is 11.5. The number of likely N-dealkylation sites (tertiary alicyclic amines) is 1. The fraction of sp³-hybridized carbons (Fsp3) is 0.417. The average molecular weight is 595 g/mol. The molecular formula is C24H20Cl2F4N2O5S. The Hall–Kier alpha value is -2.09. The van der Waals surface area contributed by atoms with Gasteiger partial charge in [-0.05, 0) is 34.9 Å². The molecule has 0 aromatic heterocycles. The SMILES string of the molecule is O=C(C1CS(O)(O)C1)N1CC2(C1)OCc1cc(C3=NOC(c4cc(Cl)c(F)c(Cl)c4)(C(F)(F)F)C3)ccc12. The van der Waals surface area contributed by atoms with Gasteiger partial charge in [0.15, 0.2) is 5.82 Å². The zero-order valence-corrected chi connectivity index (χ0v) is 21.7. The molecule has 4 aliphatic heterocycles. The first-order valence-corrected chi connectivity index (χ1v) is 14.1. The zero-order valence-electron chi connectivity index (χ0n) is 19.4. The van der Waals surface area contributed by atoms with E-state index in [4.69, 9.17) is 32.8 Å². The lowest BCUT2D eigenvalue weighted by Gasteiger charge is -2.52. The molecule has 0 radical (unpaired) electrons. The van der Waals surface area contributed by atoms with Crippen molar-refractivity contribution in [1.82, 2.24) is 4.90 Å². The highest BCUT2D eigenvalue weighted by atomic mass is 35.5. The van der Waals surface area contributed by atoms with Gasteiger partial charge in [0, 0.05) is 12.0 Å². The van der Waals surface area contributed by atoms with Crippen molar-refractivity contribution in [3.05, 3.63) is 68.4 Å². The topological polar surface area (TPSA) is 91.6 Å². The lowest BCUT2D eigenvalue weighted by Crippen LogP contribution is -2.63. The van der Waals surface area contributed by atoms with Crippen LogP contribution >= 0.6 is 33.8 Å². The van der Waals surface area contributed by atoms with Crippen LogP contribution in [0.2, 0.25) is 10.0 Å². The molecule has 2 aromatic rings. The number of ether oxygens (including phenoxy) is 1. The molecule has 204 valence electrons. The molecule has 1 amide bonds. The fourth-order valence-electron chi connectivity index (χ4n) is 5.46. The smallest absolute Gasteiger partial charge is 0.374 e. The van der Waals surface area contributed by atoms with Gasteiger partial charge in [-0.15, -0.1) is 0 Å². The predicted octanol–water partition coefficient (Wildman–Crippen LogP) is 5.66. The van der Waals surface area contributed by atoms with Gasteiger partial charge in [0.25, 0.3) is 5.60 Å². The molecule has 0 bridgehead atoms. The third kappa shape index (κ3) is 3.91. The molecule has 2 saturated heterocycles. The van der Waals surface area contributed by atoms with Crippen LogP contribution in [0.25, 0.3) is 0 Å². The van der Waals surface area contributed by atoms with Crippen LogP contribution in [0.1, 0.15) is 28.7 Å². The Kier molecular flexibility index (Phi) is 5.82. The van der Waals surface area contributed by atoms with Gasteiger partial charge >= 0.3 is 6.18 Å². The molecule has 2 fully saturated rings. The summed E-state index contributed by atoms with van der Waals surface area (Å²) in [5.41, 5.74) is -2.02. The summed E-state index contributed by atoms with van der Waals surface area (Å²) < 4.78 is 81.9. The van der Waals surface area contributed by atoms with Crippen molar-refractivity contribution in [2.45, 2.75) is 30.4 Å². The summed E-state index contributed by atoms with van der Waals surface area (Å²) in [5, 5.41) is 2.62. The van der Waals surface area contributed by atoms with Gasteiger partial charge in [0.2, 0.25) is 5.91 Å². The largest absolute Gasteiger partial charge is 0.435 e. The highest BCUT2D eigenvalue weighted by Gasteiger charge is 2.63. The first-order valence-electron chi connectivity index (χ1n) is 11.5. The molecule has 4 heterocycles. The fourth-order valence-corrected chi connectivity index (χ4v) is 7.43. The molecular weight excluding hydrogens is 575 g/mol. The Labute approximate surface area is 225 Å². The van der Waals surface area contributed by atoms with Crippen LogP contribution < -0.4 is 0 Å². The van der Waals surface area contributed by atoms with Gasteiger partial charge in [-0.1, -0.05) is 40.5 Å². The van der Waals surface area contributed by atoms with Crippen molar-refractivity contribution in [3.63, 3.8) is 0 Å². The molecule has 1 unspecified atom stereocenters. The summed E-state index contributed by atoms with van der Waals surface area (Å²) in [6.07, 6.45) is -5.59. The van der Waals surface area contributed by atoms with Crippen LogP contribution in [0, 0.1) is 11.7 Å². The van der Waals surface area contributed by atoms with E-state index < -0.39 is 61.7 Å². The van der Waals surface area contributed by atoms with Crippen molar-refractivity contribution < 1.29 is 41.0 Å². The highest BCUT2D eigenvalue weighted by molar-refractivity contribution is 8.25. The Morgan fingerprint density at radius 1 is 1.13 bits per heavy atom. The van der Waals surface area contributed by atoms with Gasteiger partial charge in [-0.3, -0.25) is 13.9 Å². The van der Waals surface area contributed by atoms with Crippen LogP contribution in [-0.2, 0) is 32.2 Å². The summed E-state index contributed by atoms with van der Waals surface area (Å²) in [6.45, 7) is 0.819. The number of carbonyl (C=O) groups excluding carboxylic acids is 1. The van der Waals surface area contributed by atoms with Crippen molar-refractivity contribution in [1.29, 1.82) is 0 Å². The number of alkyl halides is 3. The van der Waals surface area contributed by atoms with E-state index in [0.717, 1.165) is 23.3 Å². The Balaban J connectivity index is 1.21. The van der Waals surface area contributed by atoms with E-state index >= 15 is 0 Å². The molecule has 7 nitrogen and oxygen atoms in total. The molecule has 0 aliphatic carbocycles. The lowest BCUT2D eigenvalue weighted by molar-refractivity contribution is -0.275. The maximum atomic E-state index is 14.3. The number of hydrogen-bond acceptors (Lipinski definition) is 6. The van der Waals surface area contributed by atoms with Crippen LogP contribution in [0.4, 0.5) is 17.6 Å². The highest BCUT2D eigenvalue weighted by Crippen LogP contribution is 2.54. The maximum Gasteiger partial charge on any atom is 0.435 e. The lowest BCUT2D eigenvalue weighted by atomic mass is 9.82. The van der Waals surface area contributed by atoms with Gasteiger partial charge < -0.3 is 14.5 Å². The second kappa shape index (κ2) is 8.45. The van der Waals surface area contributed by atoms with Crippen LogP contribution in [0.3, 0.4) is 0 Å². The van der Waals surface area contributed by atoms with E-state index in [0.29, 0.717) is 18.7 Å². The minimum atomic E-state index is -4.91. The molecule has 38 heavy (non-hydrogen) atoms. The Morgan fingerprint density at radius 3 is 2.39 bits per heavy atom. The predicted molar refractivity (Wildman–Crippen MR) is 132 cm³/mol. The van der Waals surface area contributed by atoms with E-state index in [1.54, 1.807) is 23.1 Å². The van der Waals surface area contributed by atoms with E-state index in [1.807, 2.05) is 0 Å². The average Bonchev–Trinajstić information content (AvgIpc) is 3.42. The second-order valence-electron chi connectivity index (χ2n) is 10.1. The van der Waals surface area contributed by atoms with E-state index in [9.17, 15) is 31.5 Å². The number of hydrogen-bond donors (Lipinski definition) is 2. The Bertz CT molecular complexity index is 1370. The van der Waals surface area contributed by atoms with E-state index in [2.05, 4.69) is 5.16 Å². The monoisotopic (exact) mass is 594 g/mol. The van der Waals surface area contributed by atoms with Crippen molar-refractivity contribution >= 4 is 45.4 Å². The Morgan fingerprint density at radius 2 is 1.79 bits per heavy atom. The number of halogens is 6. The third-order valence-corrected chi connectivity index (χ3v) is 9.98. The first kappa shape index (κ1) is 26.1. The number of benzene rings is 2. The number of rotatable bonds is 3.